The summed E-state index contributed by atoms with van der Waals surface area (Å²) >= 11 is 0. The van der Waals surface area contributed by atoms with E-state index in [1.807, 2.05) is 0 Å². The van der Waals surface area contributed by atoms with Crippen LogP contribution in [0.4, 0.5) is 0 Å². The van der Waals surface area contributed by atoms with Crippen LogP contribution in [0.15, 0.2) is 41.0 Å². The molecule has 2 N–H and O–H groups in total. The molecule has 1 heterocycles. The summed E-state index contributed by atoms with van der Waals surface area (Å²) < 4.78 is 0. The summed E-state index contributed by atoms with van der Waals surface area (Å²) in [6.07, 6.45) is 6.80. The van der Waals surface area contributed by atoms with E-state index in [0.717, 1.165) is 0 Å². The highest BCUT2D eigenvalue weighted by Crippen LogP contribution is 2.06. The molecule has 0 saturated carbocycles. The van der Waals surface area contributed by atoms with E-state index >= 15 is 0 Å². The van der Waals surface area contributed by atoms with Gasteiger partial charge in [0, 0.05) is 19.5 Å². The molecule has 0 aromatic carbocycles. The molecule has 0 aliphatic rings. The van der Waals surface area contributed by atoms with E-state index in [2.05, 4.69) is 9.98 Å². The highest BCUT2D eigenvalue weighted by atomic mass is 16.4. The number of carboxylic acids is 2. The Bertz CT molecular complexity index is 574. The molecule has 0 spiro atoms. The van der Waals surface area contributed by atoms with Crippen molar-refractivity contribution < 1.29 is 19.8 Å². The van der Waals surface area contributed by atoms with Crippen molar-refractivity contribution in [1.82, 2.24) is 4.98 Å². The molecule has 0 fully saturated rings. The average molecular weight is 260 g/mol. The van der Waals surface area contributed by atoms with Gasteiger partial charge >= 0.3 is 11.9 Å². The van der Waals surface area contributed by atoms with E-state index in [0.29, 0.717) is 5.69 Å². The quantitative estimate of drug-likeness (QED) is 0.474. The summed E-state index contributed by atoms with van der Waals surface area (Å²) in [5.74, 6) is -2.17. The Hall–Kier alpha value is -2.76. The van der Waals surface area contributed by atoms with E-state index in [9.17, 15) is 9.59 Å². The fourth-order valence-electron chi connectivity index (χ4n) is 1.20. The van der Waals surface area contributed by atoms with Crippen LogP contribution >= 0.6 is 0 Å². The minimum absolute atomic E-state index is 0.0214. The zero-order chi connectivity index (χ0) is 14.3. The van der Waals surface area contributed by atoms with Crippen LogP contribution in [0.25, 0.3) is 6.08 Å². The number of nitrogens with zero attached hydrogens (tertiary/aromatic N) is 2. The van der Waals surface area contributed by atoms with Crippen LogP contribution in [0.3, 0.4) is 0 Å². The molecule has 0 amide bonds. The van der Waals surface area contributed by atoms with Crippen LogP contribution in [0.1, 0.15) is 16.1 Å². The van der Waals surface area contributed by atoms with Gasteiger partial charge in [0.2, 0.25) is 0 Å². The summed E-state index contributed by atoms with van der Waals surface area (Å²) in [6.45, 7) is 0. The zero-order valence-corrected chi connectivity index (χ0v) is 10.1. The minimum Gasteiger partial charge on any atom is -0.478 e. The molecule has 0 aliphatic carbocycles. The molecule has 98 valence electrons. The Labute approximate surface area is 109 Å². The van der Waals surface area contributed by atoms with Gasteiger partial charge in [-0.25, -0.2) is 9.59 Å². The average Bonchev–Trinajstić information content (AvgIpc) is 2.38. The second-order valence-corrected chi connectivity index (χ2v) is 3.44. The SMILES string of the molecule is CN=C/C=C(\C=C\c1cc(C(=O)O)ccn1)C(=O)O. The van der Waals surface area contributed by atoms with Crippen molar-refractivity contribution in [2.45, 2.75) is 0 Å². The van der Waals surface area contributed by atoms with Crippen molar-refractivity contribution in [1.29, 1.82) is 0 Å². The van der Waals surface area contributed by atoms with Gasteiger partial charge in [0.1, 0.15) is 0 Å². The van der Waals surface area contributed by atoms with Gasteiger partial charge in [0.05, 0.1) is 16.8 Å². The standard InChI is InChI=1S/C13H12N2O4/c1-14-6-4-9(12(16)17)2-3-11-8-10(13(18)19)5-7-15-11/h2-8H,1H3,(H,16,17)(H,18,19)/b3-2+,9-4+,14-6?. The van der Waals surface area contributed by atoms with Gasteiger partial charge in [-0.1, -0.05) is 0 Å². The van der Waals surface area contributed by atoms with Gasteiger partial charge in [-0.15, -0.1) is 0 Å². The van der Waals surface area contributed by atoms with Crippen molar-refractivity contribution in [2.75, 3.05) is 7.05 Å². The second-order valence-electron chi connectivity index (χ2n) is 3.44. The van der Waals surface area contributed by atoms with Crippen LogP contribution in [-0.2, 0) is 4.79 Å². The third-order valence-electron chi connectivity index (χ3n) is 2.11. The predicted octanol–water partition coefficient (Wildman–Crippen LogP) is 1.50. The molecular weight excluding hydrogens is 248 g/mol. The Balaban J connectivity index is 2.99. The van der Waals surface area contributed by atoms with Gasteiger partial charge in [-0.2, -0.15) is 0 Å². The molecule has 1 aromatic heterocycles. The molecule has 0 unspecified atom stereocenters. The molecule has 0 atom stereocenters. The molecule has 6 heteroatoms. The number of aromatic carboxylic acids is 1. The Kier molecular flexibility index (Phi) is 5.16. The number of rotatable bonds is 5. The zero-order valence-electron chi connectivity index (χ0n) is 10.1. The van der Waals surface area contributed by atoms with E-state index in [1.54, 1.807) is 0 Å². The van der Waals surface area contributed by atoms with Gasteiger partial charge in [-0.05, 0) is 30.4 Å². The summed E-state index contributed by atoms with van der Waals surface area (Å²) in [5, 5.41) is 17.7. The molecule has 1 aromatic rings. The number of carbonyl (C=O) groups is 2. The Morgan fingerprint density at radius 1 is 1.37 bits per heavy atom. The van der Waals surface area contributed by atoms with Crippen LogP contribution in [-0.4, -0.2) is 40.4 Å². The van der Waals surface area contributed by atoms with Crippen molar-refractivity contribution in [3.8, 4) is 0 Å². The van der Waals surface area contributed by atoms with E-state index in [1.165, 1.54) is 49.8 Å². The minimum atomic E-state index is -1.11. The van der Waals surface area contributed by atoms with Gasteiger partial charge in [-0.3, -0.25) is 9.98 Å². The molecular formula is C13H12N2O4. The summed E-state index contributed by atoms with van der Waals surface area (Å²) in [7, 11) is 1.53. The molecule has 6 nitrogen and oxygen atoms in total. The smallest absolute Gasteiger partial charge is 0.335 e. The van der Waals surface area contributed by atoms with Crippen LogP contribution in [0, 0.1) is 0 Å². The molecule has 19 heavy (non-hydrogen) atoms. The van der Waals surface area contributed by atoms with Gasteiger partial charge in [0.25, 0.3) is 0 Å². The first-order valence-corrected chi connectivity index (χ1v) is 5.27. The summed E-state index contributed by atoms with van der Waals surface area (Å²) in [4.78, 5) is 29.3. The fourth-order valence-corrected chi connectivity index (χ4v) is 1.20. The van der Waals surface area contributed by atoms with Gasteiger partial charge in [0.15, 0.2) is 0 Å². The highest BCUT2D eigenvalue weighted by Gasteiger charge is 2.04. The molecule has 0 aliphatic heterocycles. The van der Waals surface area contributed by atoms with Crippen LogP contribution in [0.2, 0.25) is 0 Å². The first-order chi connectivity index (χ1) is 9.04. The van der Waals surface area contributed by atoms with Crippen molar-refractivity contribution in [2.24, 2.45) is 4.99 Å². The maximum Gasteiger partial charge on any atom is 0.335 e. The predicted molar refractivity (Wildman–Crippen MR) is 70.4 cm³/mol. The number of aliphatic imine (C=N–C) groups is 1. The highest BCUT2D eigenvalue weighted by molar-refractivity contribution is 5.96. The molecule has 1 rings (SSSR count). The molecule has 0 saturated heterocycles. The third-order valence-corrected chi connectivity index (χ3v) is 2.11. The lowest BCUT2D eigenvalue weighted by molar-refractivity contribution is -0.132. The van der Waals surface area contributed by atoms with Gasteiger partial charge < -0.3 is 10.2 Å². The fraction of sp³-hybridized carbons (Fsp3) is 0.0769. The lowest BCUT2D eigenvalue weighted by Crippen LogP contribution is -1.99. The summed E-state index contributed by atoms with van der Waals surface area (Å²) in [5.41, 5.74) is 0.472. The first-order valence-electron chi connectivity index (χ1n) is 5.27. The second kappa shape index (κ2) is 6.85. The van der Waals surface area contributed by atoms with Crippen molar-refractivity contribution in [3.05, 3.63) is 47.3 Å². The largest absolute Gasteiger partial charge is 0.478 e. The number of carboxylic acid groups (broad SMARTS) is 2. The van der Waals surface area contributed by atoms with Crippen molar-refractivity contribution >= 4 is 24.2 Å². The Morgan fingerprint density at radius 3 is 2.68 bits per heavy atom. The lowest BCUT2D eigenvalue weighted by Gasteiger charge is -1.96. The first kappa shape index (κ1) is 14.3. The van der Waals surface area contributed by atoms with Crippen LogP contribution < -0.4 is 0 Å². The molecule has 0 bridgehead atoms. The number of allylic oxidation sites excluding steroid dienone is 1. The number of hydrogen-bond donors (Lipinski definition) is 2. The number of aromatic nitrogens is 1. The van der Waals surface area contributed by atoms with E-state index in [-0.39, 0.29) is 11.1 Å². The molecule has 0 radical (unpaired) electrons. The monoisotopic (exact) mass is 260 g/mol. The normalized spacial score (nSPS) is 12.2. The lowest BCUT2D eigenvalue weighted by atomic mass is 10.2. The third kappa shape index (κ3) is 4.55. The number of pyridine rings is 1. The van der Waals surface area contributed by atoms with E-state index < -0.39 is 11.9 Å². The number of hydrogen-bond acceptors (Lipinski definition) is 4. The van der Waals surface area contributed by atoms with E-state index in [4.69, 9.17) is 10.2 Å². The van der Waals surface area contributed by atoms with Crippen molar-refractivity contribution in [3.63, 3.8) is 0 Å². The van der Waals surface area contributed by atoms with Crippen LogP contribution in [0.5, 0.6) is 0 Å². The maximum atomic E-state index is 10.9. The number of aliphatic carboxylic acids is 1. The summed E-state index contributed by atoms with van der Waals surface area (Å²) in [6, 6.07) is 2.71. The maximum absolute atomic E-state index is 10.9. The Morgan fingerprint density at radius 2 is 2.11 bits per heavy atom. The topological polar surface area (TPSA) is 99.9 Å².